The molecule has 0 aromatic heterocycles. The number of hydrogen-bond acceptors (Lipinski definition) is 2. The zero-order valence-corrected chi connectivity index (χ0v) is 24.3. The lowest BCUT2D eigenvalue weighted by Gasteiger charge is -2.33. The first-order valence-electron chi connectivity index (χ1n) is 16.1. The van der Waals surface area contributed by atoms with Crippen molar-refractivity contribution in [2.24, 2.45) is 0 Å². The number of rotatable bonds is 24. The van der Waals surface area contributed by atoms with E-state index in [4.69, 9.17) is 0 Å². The van der Waals surface area contributed by atoms with Crippen LogP contribution in [0, 0.1) is 0 Å². The summed E-state index contributed by atoms with van der Waals surface area (Å²) < 4.78 is 0. The van der Waals surface area contributed by atoms with Crippen LogP contribution in [0.1, 0.15) is 148 Å². The molecule has 206 valence electrons. The van der Waals surface area contributed by atoms with Gasteiger partial charge in [-0.2, -0.15) is 0 Å². The van der Waals surface area contributed by atoms with Gasteiger partial charge in [-0.15, -0.1) is 0 Å². The van der Waals surface area contributed by atoms with Gasteiger partial charge in [0.2, 0.25) is 0 Å². The van der Waals surface area contributed by atoms with Gasteiger partial charge < -0.3 is 9.80 Å². The van der Waals surface area contributed by atoms with Crippen LogP contribution in [-0.2, 0) is 6.42 Å². The van der Waals surface area contributed by atoms with Crippen LogP contribution >= 0.6 is 0 Å². The number of unbranched alkanes of at least 4 members (excludes halogenated alkanes) is 18. The van der Waals surface area contributed by atoms with E-state index in [0.29, 0.717) is 6.17 Å². The molecule has 1 aliphatic heterocycles. The molecule has 2 rings (SSSR count). The highest BCUT2D eigenvalue weighted by molar-refractivity contribution is 5.17. The molecule has 0 amide bonds. The molecule has 1 aliphatic rings. The third-order valence-electron chi connectivity index (χ3n) is 8.02. The summed E-state index contributed by atoms with van der Waals surface area (Å²) in [7, 11) is 0. The van der Waals surface area contributed by atoms with Gasteiger partial charge >= 0.3 is 0 Å². The Kier molecular flexibility index (Phi) is 18.5. The molecule has 0 spiro atoms. The van der Waals surface area contributed by atoms with E-state index in [9.17, 15) is 0 Å². The molecule has 1 heterocycles. The summed E-state index contributed by atoms with van der Waals surface area (Å²) in [5.41, 5.74) is 1.46. The lowest BCUT2D eigenvalue weighted by molar-refractivity contribution is 0.148. The monoisotopic (exact) mass is 496 g/mol. The van der Waals surface area contributed by atoms with Crippen LogP contribution in [-0.4, -0.2) is 29.1 Å². The molecule has 1 aromatic carbocycles. The topological polar surface area (TPSA) is 6.48 Å². The van der Waals surface area contributed by atoms with Crippen molar-refractivity contribution in [3.05, 3.63) is 48.3 Å². The zero-order valence-electron chi connectivity index (χ0n) is 24.3. The highest BCUT2D eigenvalue weighted by Crippen LogP contribution is 2.22. The molecular weight excluding hydrogens is 436 g/mol. The van der Waals surface area contributed by atoms with Gasteiger partial charge in [0.1, 0.15) is 6.17 Å². The highest BCUT2D eigenvalue weighted by atomic mass is 15.4. The van der Waals surface area contributed by atoms with Gasteiger partial charge in [-0.3, -0.25) is 0 Å². The fraction of sp³-hybridized carbons (Fsp3) is 0.765. The first-order chi connectivity index (χ1) is 17.8. The van der Waals surface area contributed by atoms with Crippen LogP contribution in [0.2, 0.25) is 0 Å². The second-order valence-corrected chi connectivity index (χ2v) is 11.3. The Labute approximate surface area is 225 Å². The molecule has 0 saturated carbocycles. The van der Waals surface area contributed by atoms with Crippen LogP contribution in [0.15, 0.2) is 42.7 Å². The van der Waals surface area contributed by atoms with Gasteiger partial charge in [0.15, 0.2) is 0 Å². The summed E-state index contributed by atoms with van der Waals surface area (Å²) in [5, 5.41) is 0. The summed E-state index contributed by atoms with van der Waals surface area (Å²) in [4.78, 5) is 5.21. The minimum Gasteiger partial charge on any atom is -0.356 e. The van der Waals surface area contributed by atoms with E-state index in [1.165, 1.54) is 147 Å². The van der Waals surface area contributed by atoms with Crippen molar-refractivity contribution in [1.82, 2.24) is 9.80 Å². The van der Waals surface area contributed by atoms with Crippen molar-refractivity contribution in [2.45, 2.75) is 155 Å². The smallest absolute Gasteiger partial charge is 0.105 e. The zero-order chi connectivity index (χ0) is 25.5. The van der Waals surface area contributed by atoms with E-state index in [2.05, 4.69) is 66.4 Å². The molecule has 0 saturated heterocycles. The second kappa shape index (κ2) is 21.6. The van der Waals surface area contributed by atoms with Crippen LogP contribution in [0.4, 0.5) is 0 Å². The molecule has 0 fully saturated rings. The Morgan fingerprint density at radius 1 is 0.472 bits per heavy atom. The van der Waals surface area contributed by atoms with Gasteiger partial charge in [0, 0.05) is 31.9 Å². The van der Waals surface area contributed by atoms with Crippen LogP contribution in [0.5, 0.6) is 0 Å². The summed E-state index contributed by atoms with van der Waals surface area (Å²) in [6.07, 6.45) is 34.8. The van der Waals surface area contributed by atoms with E-state index >= 15 is 0 Å². The predicted molar refractivity (Wildman–Crippen MR) is 160 cm³/mol. The summed E-state index contributed by atoms with van der Waals surface area (Å²) in [6, 6.07) is 11.1. The molecule has 1 aromatic rings. The van der Waals surface area contributed by atoms with E-state index in [0.717, 1.165) is 6.42 Å². The van der Waals surface area contributed by atoms with Gasteiger partial charge in [-0.25, -0.2) is 0 Å². The maximum atomic E-state index is 2.62. The minimum absolute atomic E-state index is 0.505. The largest absolute Gasteiger partial charge is 0.356 e. The molecule has 0 aliphatic carbocycles. The highest BCUT2D eigenvalue weighted by Gasteiger charge is 2.25. The van der Waals surface area contributed by atoms with Crippen LogP contribution in [0.25, 0.3) is 0 Å². The lowest BCUT2D eigenvalue weighted by atomic mass is 10.0. The standard InChI is InChI=1S/C34H60N2/c1-3-5-7-8-9-10-11-12-13-14-15-16-17-18-19-20-25-29-36-31-30-35(28-24-6-4-2)34(36)32-33-26-22-21-23-27-33/h21-23,26-27,30-31,34H,3-20,24-25,28-29,32H2,1-2H3. The Morgan fingerprint density at radius 3 is 1.28 bits per heavy atom. The van der Waals surface area contributed by atoms with Crippen molar-refractivity contribution < 1.29 is 0 Å². The van der Waals surface area contributed by atoms with Crippen molar-refractivity contribution in [2.75, 3.05) is 13.1 Å². The normalized spacial score (nSPS) is 15.3. The first-order valence-corrected chi connectivity index (χ1v) is 16.1. The number of hydrogen-bond donors (Lipinski definition) is 0. The van der Waals surface area contributed by atoms with Gasteiger partial charge in [-0.1, -0.05) is 160 Å². The molecule has 2 heteroatoms. The molecule has 0 radical (unpaired) electrons. The number of nitrogens with zero attached hydrogens (tertiary/aromatic N) is 2. The van der Waals surface area contributed by atoms with Crippen LogP contribution < -0.4 is 0 Å². The van der Waals surface area contributed by atoms with Crippen molar-refractivity contribution in [1.29, 1.82) is 0 Å². The average molecular weight is 497 g/mol. The van der Waals surface area contributed by atoms with Crippen molar-refractivity contribution in [3.63, 3.8) is 0 Å². The quantitative estimate of drug-likeness (QED) is 0.131. The van der Waals surface area contributed by atoms with Crippen LogP contribution in [0.3, 0.4) is 0 Å². The lowest BCUT2D eigenvalue weighted by Crippen LogP contribution is -2.41. The van der Waals surface area contributed by atoms with E-state index in [1.54, 1.807) is 0 Å². The van der Waals surface area contributed by atoms with Gasteiger partial charge in [0.05, 0.1) is 0 Å². The Morgan fingerprint density at radius 2 is 0.833 bits per heavy atom. The Bertz CT molecular complexity index is 625. The minimum atomic E-state index is 0.505. The maximum Gasteiger partial charge on any atom is 0.105 e. The summed E-state index contributed by atoms with van der Waals surface area (Å²) >= 11 is 0. The predicted octanol–water partition coefficient (Wildman–Crippen LogP) is 10.5. The number of benzene rings is 1. The molecule has 2 nitrogen and oxygen atoms in total. The van der Waals surface area contributed by atoms with Gasteiger partial charge in [0.25, 0.3) is 0 Å². The van der Waals surface area contributed by atoms with Crippen molar-refractivity contribution in [3.8, 4) is 0 Å². The van der Waals surface area contributed by atoms with E-state index < -0.39 is 0 Å². The van der Waals surface area contributed by atoms with E-state index in [1.807, 2.05) is 0 Å². The molecule has 1 unspecified atom stereocenters. The second-order valence-electron chi connectivity index (χ2n) is 11.3. The SMILES string of the molecule is CCCCCCCCCCCCCCCCCCCN1C=CN(CCCCC)C1Cc1ccccc1. The third-order valence-corrected chi connectivity index (χ3v) is 8.02. The van der Waals surface area contributed by atoms with E-state index in [-0.39, 0.29) is 0 Å². The Hall–Kier alpha value is -1.44. The maximum absolute atomic E-state index is 2.62. The van der Waals surface area contributed by atoms with Gasteiger partial charge in [-0.05, 0) is 18.4 Å². The third kappa shape index (κ3) is 14.3. The van der Waals surface area contributed by atoms with Crippen molar-refractivity contribution >= 4 is 0 Å². The average Bonchev–Trinajstić information content (AvgIpc) is 3.27. The summed E-state index contributed by atoms with van der Waals surface area (Å²) in [5.74, 6) is 0. The Balaban J connectivity index is 1.47. The fourth-order valence-corrected chi connectivity index (χ4v) is 5.63. The molecule has 36 heavy (non-hydrogen) atoms. The first kappa shape index (κ1) is 30.8. The molecule has 0 bridgehead atoms. The molecule has 0 N–H and O–H groups in total. The summed E-state index contributed by atoms with van der Waals surface area (Å²) in [6.45, 7) is 7.00. The molecule has 1 atom stereocenters. The fourth-order valence-electron chi connectivity index (χ4n) is 5.63. The molecular formula is C34H60N2.